The van der Waals surface area contributed by atoms with Gasteiger partial charge < -0.3 is 29.2 Å². The number of likely N-dealkylation sites (tertiary alicyclic amines) is 1. The number of benzene rings is 1. The summed E-state index contributed by atoms with van der Waals surface area (Å²) in [6.45, 7) is 11.1. The number of hydrogen-bond acceptors (Lipinski definition) is 9. The second-order valence-electron chi connectivity index (χ2n) is 12.0. The molecule has 6 rings (SSSR count). The van der Waals surface area contributed by atoms with Crippen molar-refractivity contribution in [1.82, 2.24) is 24.6 Å². The first-order chi connectivity index (χ1) is 21.7. The molecule has 2 aliphatic rings. The molecule has 45 heavy (non-hydrogen) atoms. The number of rotatable bonds is 7. The molecular weight excluding hydrogens is 579 g/mol. The van der Waals surface area contributed by atoms with Crippen LogP contribution in [0.3, 0.4) is 0 Å². The predicted octanol–water partition coefficient (Wildman–Crippen LogP) is 5.90. The van der Waals surface area contributed by atoms with Gasteiger partial charge in [0.05, 0.1) is 62.2 Å². The molecule has 3 aromatic heterocycles. The zero-order valence-electron chi connectivity index (χ0n) is 26.1. The van der Waals surface area contributed by atoms with Crippen LogP contribution in [0.1, 0.15) is 39.3 Å². The van der Waals surface area contributed by atoms with Gasteiger partial charge in [-0.15, -0.1) is 0 Å². The number of nitrogens with zero attached hydrogens (tertiary/aromatic N) is 5. The van der Waals surface area contributed by atoms with Crippen molar-refractivity contribution in [3.8, 4) is 5.69 Å². The molecule has 0 aliphatic carbocycles. The summed E-state index contributed by atoms with van der Waals surface area (Å²) in [5.41, 5.74) is 2.01. The molecule has 0 spiro atoms. The lowest BCUT2D eigenvalue weighted by molar-refractivity contribution is -0.0334. The highest BCUT2D eigenvalue weighted by Crippen LogP contribution is 2.24. The van der Waals surface area contributed by atoms with Crippen molar-refractivity contribution in [2.75, 3.05) is 51.4 Å². The van der Waals surface area contributed by atoms with Crippen molar-refractivity contribution in [2.45, 2.75) is 45.8 Å². The molecule has 11 nitrogen and oxygen atoms in total. The third-order valence-corrected chi connectivity index (χ3v) is 7.23. The maximum absolute atomic E-state index is 14.7. The van der Waals surface area contributed by atoms with Crippen LogP contribution in [0, 0.1) is 11.7 Å². The van der Waals surface area contributed by atoms with Crippen molar-refractivity contribution in [3.63, 3.8) is 0 Å². The maximum atomic E-state index is 14.7. The Morgan fingerprint density at radius 1 is 1.07 bits per heavy atom. The molecule has 240 valence electrons. The van der Waals surface area contributed by atoms with Crippen molar-refractivity contribution < 1.29 is 28.1 Å². The number of amides is 1. The zero-order chi connectivity index (χ0) is 31.6. The topological polar surface area (TPSA) is 113 Å². The van der Waals surface area contributed by atoms with Crippen LogP contribution in [0.25, 0.3) is 16.6 Å². The van der Waals surface area contributed by atoms with Gasteiger partial charge in [-0.1, -0.05) is 0 Å². The fraction of sp³-hybridized carbons (Fsp3) is 0.455. The van der Waals surface area contributed by atoms with E-state index in [1.165, 1.54) is 6.07 Å². The Hall–Kier alpha value is -4.13. The number of piperidine rings is 1. The lowest BCUT2D eigenvalue weighted by atomic mass is 9.98. The van der Waals surface area contributed by atoms with Gasteiger partial charge in [-0.25, -0.2) is 18.9 Å². The van der Waals surface area contributed by atoms with Gasteiger partial charge in [0.25, 0.3) is 0 Å². The quantitative estimate of drug-likeness (QED) is 0.270. The standard InChI is InChI=1S/C29H33FN6O3.C4H8O2/c1-29(2,3)39-28(37)35-13-9-20(10-14-35)18-38-19-22-6-5-21-17-31-27(16-26(21)33-22)34-25-8-7-23(15-24(25)30)36-12-4-11-32-36;1-2-6-4-3-5-1/h4-8,11-12,15-17,20H,9-10,13-14,18-19H2,1-3H3,(H,31,34);1-4H2. The lowest BCUT2D eigenvalue weighted by Crippen LogP contribution is -2.42. The molecule has 2 fully saturated rings. The van der Waals surface area contributed by atoms with Crippen LogP contribution >= 0.6 is 0 Å². The Balaban J connectivity index is 0.000000598. The monoisotopic (exact) mass is 620 g/mol. The van der Waals surface area contributed by atoms with Crippen LogP contribution in [-0.2, 0) is 25.6 Å². The molecule has 4 aromatic rings. The van der Waals surface area contributed by atoms with Gasteiger partial charge in [-0.2, -0.15) is 5.10 Å². The third kappa shape index (κ3) is 9.68. The van der Waals surface area contributed by atoms with Gasteiger partial charge in [0.2, 0.25) is 0 Å². The Kier molecular flexibility index (Phi) is 10.9. The number of carbonyl (C=O) groups excluding carboxylic acids is 1. The summed E-state index contributed by atoms with van der Waals surface area (Å²) in [7, 11) is 0. The van der Waals surface area contributed by atoms with E-state index in [9.17, 15) is 9.18 Å². The van der Waals surface area contributed by atoms with Gasteiger partial charge in [-0.3, -0.25) is 4.98 Å². The molecule has 0 unspecified atom stereocenters. The van der Waals surface area contributed by atoms with Gasteiger partial charge in [0.1, 0.15) is 17.2 Å². The number of nitrogens with one attached hydrogen (secondary N) is 1. The third-order valence-electron chi connectivity index (χ3n) is 7.23. The van der Waals surface area contributed by atoms with Crippen molar-refractivity contribution in [3.05, 3.63) is 72.6 Å². The van der Waals surface area contributed by atoms with E-state index in [0.29, 0.717) is 49.4 Å². The largest absolute Gasteiger partial charge is 0.444 e. The zero-order valence-corrected chi connectivity index (χ0v) is 26.1. The van der Waals surface area contributed by atoms with Crippen LogP contribution in [0.15, 0.2) is 61.1 Å². The van der Waals surface area contributed by atoms with Crippen LogP contribution in [0.2, 0.25) is 0 Å². The van der Waals surface area contributed by atoms with E-state index in [-0.39, 0.29) is 6.09 Å². The van der Waals surface area contributed by atoms with E-state index in [1.54, 1.807) is 52.4 Å². The predicted molar refractivity (Wildman–Crippen MR) is 168 cm³/mol. The number of ether oxygens (including phenoxy) is 4. The van der Waals surface area contributed by atoms with E-state index < -0.39 is 11.4 Å². The highest BCUT2D eigenvalue weighted by Gasteiger charge is 2.27. The highest BCUT2D eigenvalue weighted by molar-refractivity contribution is 5.81. The van der Waals surface area contributed by atoms with Gasteiger partial charge in [-0.05, 0) is 69.9 Å². The first kappa shape index (κ1) is 32.3. The van der Waals surface area contributed by atoms with Crippen LogP contribution < -0.4 is 5.32 Å². The van der Waals surface area contributed by atoms with Crippen LogP contribution in [0.5, 0.6) is 0 Å². The number of fused-ring (bicyclic) bond motifs is 1. The van der Waals surface area contributed by atoms with Crippen LogP contribution in [-0.4, -0.2) is 82.5 Å². The molecule has 1 aromatic carbocycles. The summed E-state index contributed by atoms with van der Waals surface area (Å²) in [5.74, 6) is 0.478. The second-order valence-corrected chi connectivity index (χ2v) is 12.0. The van der Waals surface area contributed by atoms with Crippen molar-refractivity contribution >= 4 is 28.5 Å². The number of pyridine rings is 2. The Morgan fingerprint density at radius 3 is 2.47 bits per heavy atom. The molecule has 12 heteroatoms. The molecule has 5 heterocycles. The van der Waals surface area contributed by atoms with E-state index in [2.05, 4.69) is 15.4 Å². The van der Waals surface area contributed by atoms with Gasteiger partial charge >= 0.3 is 6.09 Å². The normalized spacial score (nSPS) is 15.8. The summed E-state index contributed by atoms with van der Waals surface area (Å²) in [6, 6.07) is 12.3. The summed E-state index contributed by atoms with van der Waals surface area (Å²) in [4.78, 5) is 23.2. The Morgan fingerprint density at radius 2 is 1.82 bits per heavy atom. The smallest absolute Gasteiger partial charge is 0.410 e. The first-order valence-corrected chi connectivity index (χ1v) is 15.3. The lowest BCUT2D eigenvalue weighted by Gasteiger charge is -2.33. The van der Waals surface area contributed by atoms with Crippen molar-refractivity contribution in [2.24, 2.45) is 5.92 Å². The number of carbonyl (C=O) groups is 1. The molecule has 0 bridgehead atoms. The SMILES string of the molecule is C1COCCO1.CC(C)(C)OC(=O)N1CCC(COCc2ccc3cnc(Nc4ccc(-n5cccn5)cc4F)cc3n2)CC1. The van der Waals surface area contributed by atoms with Crippen LogP contribution in [0.4, 0.5) is 20.7 Å². The average molecular weight is 621 g/mol. The van der Waals surface area contributed by atoms with Gasteiger partial charge in [0.15, 0.2) is 0 Å². The molecule has 1 N–H and O–H groups in total. The molecule has 2 aliphatic heterocycles. The van der Waals surface area contributed by atoms with Crippen molar-refractivity contribution in [1.29, 1.82) is 0 Å². The minimum absolute atomic E-state index is 0.250. The summed E-state index contributed by atoms with van der Waals surface area (Å²) < 4.78 is 37.7. The maximum Gasteiger partial charge on any atom is 0.410 e. The Bertz CT molecular complexity index is 1520. The number of hydrogen-bond donors (Lipinski definition) is 1. The number of halogens is 1. The molecule has 1 amide bonds. The summed E-state index contributed by atoms with van der Waals surface area (Å²) in [5, 5.41) is 8.06. The fourth-order valence-corrected chi connectivity index (χ4v) is 4.89. The van der Waals surface area contributed by atoms with Gasteiger partial charge in [0, 0.05) is 49.2 Å². The van der Waals surface area contributed by atoms with E-state index in [0.717, 1.165) is 55.9 Å². The van der Waals surface area contributed by atoms with E-state index in [1.807, 2.05) is 32.9 Å². The minimum atomic E-state index is -0.487. The molecular formula is C33H41FN6O5. The second kappa shape index (κ2) is 15.2. The molecule has 0 saturated carbocycles. The van der Waals surface area contributed by atoms with E-state index >= 15 is 0 Å². The molecule has 2 saturated heterocycles. The molecule has 0 atom stereocenters. The highest BCUT2D eigenvalue weighted by atomic mass is 19.1. The number of anilines is 2. The summed E-state index contributed by atoms with van der Waals surface area (Å²) >= 11 is 0. The molecule has 0 radical (unpaired) electrons. The number of aromatic nitrogens is 4. The fourth-order valence-electron chi connectivity index (χ4n) is 4.89. The average Bonchev–Trinajstić information content (AvgIpc) is 3.58. The minimum Gasteiger partial charge on any atom is -0.444 e. The Labute approximate surface area is 262 Å². The van der Waals surface area contributed by atoms with E-state index in [4.69, 9.17) is 23.9 Å². The summed E-state index contributed by atoms with van der Waals surface area (Å²) in [6.07, 6.45) is 6.63. The first-order valence-electron chi connectivity index (χ1n) is 15.3.